The van der Waals surface area contributed by atoms with Gasteiger partial charge in [0.15, 0.2) is 5.78 Å². The van der Waals surface area contributed by atoms with E-state index in [0.29, 0.717) is 19.3 Å². The van der Waals surface area contributed by atoms with Crippen LogP contribution in [0.4, 0.5) is 0 Å². The van der Waals surface area contributed by atoms with Crippen LogP contribution in [0.15, 0.2) is 18.2 Å². The predicted octanol–water partition coefficient (Wildman–Crippen LogP) is 2.51. The van der Waals surface area contributed by atoms with Gasteiger partial charge in [0.2, 0.25) is 0 Å². The average Bonchev–Trinajstić information content (AvgIpc) is 2.66. The number of aliphatic hydroxyl groups is 1. The molecule has 94 valence electrons. The second-order valence-corrected chi connectivity index (χ2v) is 5.00. The molecule has 2 atom stereocenters. The van der Waals surface area contributed by atoms with Crippen molar-refractivity contribution in [2.45, 2.75) is 38.7 Å². The maximum Gasteiger partial charge on any atom is 0.169 e. The third kappa shape index (κ3) is 2.47. The van der Waals surface area contributed by atoms with E-state index in [-0.39, 0.29) is 11.7 Å². The molecule has 2 nitrogen and oxygen atoms in total. The first kappa shape index (κ1) is 12.9. The van der Waals surface area contributed by atoms with Crippen LogP contribution in [0.1, 0.15) is 40.7 Å². The van der Waals surface area contributed by atoms with Gasteiger partial charge in [0.1, 0.15) is 0 Å². The van der Waals surface area contributed by atoms with E-state index in [1.807, 2.05) is 25.1 Å². The van der Waals surface area contributed by atoms with E-state index in [4.69, 9.17) is 6.42 Å². The number of aryl methyl sites for hydroxylation is 1. The van der Waals surface area contributed by atoms with E-state index >= 15 is 0 Å². The number of hydrogen-bond acceptors (Lipinski definition) is 2. The van der Waals surface area contributed by atoms with Crippen LogP contribution in [0.25, 0.3) is 0 Å². The Hall–Kier alpha value is -1.59. The number of fused-ring (bicyclic) bond motifs is 1. The highest BCUT2D eigenvalue weighted by atomic mass is 16.3. The van der Waals surface area contributed by atoms with Crippen molar-refractivity contribution in [3.63, 3.8) is 0 Å². The summed E-state index contributed by atoms with van der Waals surface area (Å²) >= 11 is 0. The number of hydrogen-bond donors (Lipinski definition) is 1. The molecule has 0 amide bonds. The first-order chi connectivity index (χ1) is 8.63. The largest absolute Gasteiger partial charge is 0.392 e. The lowest BCUT2D eigenvalue weighted by molar-refractivity contribution is 0.0680. The minimum absolute atomic E-state index is 0.0817. The van der Waals surface area contributed by atoms with Gasteiger partial charge in [0, 0.05) is 12.0 Å². The zero-order valence-corrected chi connectivity index (χ0v) is 10.6. The Bertz CT molecular complexity index is 496. The second kappa shape index (κ2) is 5.37. The molecule has 2 unspecified atom stereocenters. The van der Waals surface area contributed by atoms with Gasteiger partial charge in [-0.05, 0) is 31.7 Å². The lowest BCUT2D eigenvalue weighted by Gasteiger charge is -2.15. The van der Waals surface area contributed by atoms with Gasteiger partial charge in [-0.3, -0.25) is 4.79 Å². The Kier molecular flexibility index (Phi) is 3.84. The number of benzene rings is 1. The number of Topliss-reactive ketones (excluding diaryl/α,β-unsaturated/α-hetero) is 1. The molecule has 0 saturated carbocycles. The Morgan fingerprint density at radius 2 is 2.33 bits per heavy atom. The van der Waals surface area contributed by atoms with E-state index in [2.05, 4.69) is 5.92 Å². The molecule has 0 aliphatic heterocycles. The van der Waals surface area contributed by atoms with E-state index in [9.17, 15) is 9.90 Å². The quantitative estimate of drug-likeness (QED) is 0.650. The second-order valence-electron chi connectivity index (χ2n) is 5.00. The SMILES string of the molecule is C#CCCCC(O)C1Cc2cc(C)ccc2C1=O. The van der Waals surface area contributed by atoms with Gasteiger partial charge in [-0.15, -0.1) is 12.3 Å². The lowest BCUT2D eigenvalue weighted by atomic mass is 9.94. The first-order valence-electron chi connectivity index (χ1n) is 6.38. The van der Waals surface area contributed by atoms with E-state index in [1.165, 1.54) is 0 Å². The molecule has 1 N–H and O–H groups in total. The molecule has 1 aromatic rings. The Morgan fingerprint density at radius 1 is 1.56 bits per heavy atom. The van der Waals surface area contributed by atoms with Gasteiger partial charge >= 0.3 is 0 Å². The van der Waals surface area contributed by atoms with Crippen molar-refractivity contribution in [1.82, 2.24) is 0 Å². The monoisotopic (exact) mass is 242 g/mol. The van der Waals surface area contributed by atoms with Crippen LogP contribution in [0.5, 0.6) is 0 Å². The zero-order valence-electron chi connectivity index (χ0n) is 10.6. The van der Waals surface area contributed by atoms with Crippen LogP contribution in [0.3, 0.4) is 0 Å². The van der Waals surface area contributed by atoms with Crippen molar-refractivity contribution in [2.75, 3.05) is 0 Å². The normalized spacial score (nSPS) is 19.4. The summed E-state index contributed by atoms with van der Waals surface area (Å²) in [6.07, 6.45) is 7.31. The molecule has 0 saturated heterocycles. The van der Waals surface area contributed by atoms with Gasteiger partial charge < -0.3 is 5.11 Å². The Morgan fingerprint density at radius 3 is 3.06 bits per heavy atom. The highest BCUT2D eigenvalue weighted by molar-refractivity contribution is 6.02. The molecule has 18 heavy (non-hydrogen) atoms. The molecule has 0 fully saturated rings. The van der Waals surface area contributed by atoms with E-state index in [0.717, 1.165) is 23.1 Å². The maximum absolute atomic E-state index is 12.2. The molecule has 0 spiro atoms. The van der Waals surface area contributed by atoms with Crippen LogP contribution in [0.2, 0.25) is 0 Å². The van der Waals surface area contributed by atoms with Gasteiger partial charge in [-0.2, -0.15) is 0 Å². The number of carbonyl (C=O) groups is 1. The van der Waals surface area contributed by atoms with Gasteiger partial charge in [-0.1, -0.05) is 23.8 Å². The zero-order chi connectivity index (χ0) is 13.1. The molecular formula is C16H18O2. The Labute approximate surface area is 108 Å². The van der Waals surface area contributed by atoms with E-state index in [1.54, 1.807) is 0 Å². The van der Waals surface area contributed by atoms with Crippen molar-refractivity contribution in [3.8, 4) is 12.3 Å². The molecule has 1 aromatic carbocycles. The van der Waals surface area contributed by atoms with Crippen LogP contribution in [-0.4, -0.2) is 17.0 Å². The van der Waals surface area contributed by atoms with Crippen LogP contribution < -0.4 is 0 Å². The minimum atomic E-state index is -0.571. The first-order valence-corrected chi connectivity index (χ1v) is 6.38. The van der Waals surface area contributed by atoms with Crippen molar-refractivity contribution >= 4 is 5.78 Å². The number of aliphatic hydroxyl groups excluding tert-OH is 1. The average molecular weight is 242 g/mol. The van der Waals surface area contributed by atoms with Crippen molar-refractivity contribution < 1.29 is 9.90 Å². The fourth-order valence-electron chi connectivity index (χ4n) is 2.59. The third-order valence-electron chi connectivity index (χ3n) is 3.59. The van der Waals surface area contributed by atoms with Crippen LogP contribution in [0, 0.1) is 25.2 Å². The maximum atomic E-state index is 12.2. The fourth-order valence-corrected chi connectivity index (χ4v) is 2.59. The summed E-state index contributed by atoms with van der Waals surface area (Å²) in [5, 5.41) is 10.1. The Balaban J connectivity index is 2.07. The fraction of sp³-hybridized carbons (Fsp3) is 0.438. The predicted molar refractivity (Wildman–Crippen MR) is 71.4 cm³/mol. The summed E-state index contributed by atoms with van der Waals surface area (Å²) in [5.41, 5.74) is 3.01. The smallest absolute Gasteiger partial charge is 0.169 e. The van der Waals surface area contributed by atoms with Crippen LogP contribution >= 0.6 is 0 Å². The number of ketones is 1. The molecule has 2 rings (SSSR count). The third-order valence-corrected chi connectivity index (χ3v) is 3.59. The summed E-state index contributed by atoms with van der Waals surface area (Å²) in [5.74, 6) is 2.36. The van der Waals surface area contributed by atoms with E-state index < -0.39 is 6.10 Å². The topological polar surface area (TPSA) is 37.3 Å². The van der Waals surface area contributed by atoms with Crippen LogP contribution in [-0.2, 0) is 6.42 Å². The molecule has 0 aromatic heterocycles. The molecule has 1 aliphatic rings. The molecular weight excluding hydrogens is 224 g/mol. The number of unbranched alkanes of at least 4 members (excludes halogenated alkanes) is 1. The van der Waals surface area contributed by atoms with Gasteiger partial charge in [0.05, 0.1) is 12.0 Å². The number of terminal acetylenes is 1. The number of rotatable bonds is 4. The summed E-state index contributed by atoms with van der Waals surface area (Å²) < 4.78 is 0. The molecule has 0 radical (unpaired) electrons. The molecule has 0 bridgehead atoms. The van der Waals surface area contributed by atoms with Crippen molar-refractivity contribution in [1.29, 1.82) is 0 Å². The molecule has 1 aliphatic carbocycles. The lowest BCUT2D eigenvalue weighted by Crippen LogP contribution is -2.25. The highest BCUT2D eigenvalue weighted by Gasteiger charge is 2.34. The summed E-state index contributed by atoms with van der Waals surface area (Å²) in [6.45, 7) is 2.02. The molecule has 0 heterocycles. The summed E-state index contributed by atoms with van der Waals surface area (Å²) in [7, 11) is 0. The molecule has 2 heteroatoms. The standard InChI is InChI=1S/C16H18O2/c1-3-4-5-6-15(17)14-10-12-9-11(2)7-8-13(12)16(14)18/h1,7-9,14-15,17H,4-6,10H2,2H3. The van der Waals surface area contributed by atoms with Crippen molar-refractivity contribution in [2.24, 2.45) is 5.92 Å². The highest BCUT2D eigenvalue weighted by Crippen LogP contribution is 2.31. The summed E-state index contributed by atoms with van der Waals surface area (Å²) in [6, 6.07) is 5.87. The summed E-state index contributed by atoms with van der Waals surface area (Å²) in [4.78, 5) is 12.2. The minimum Gasteiger partial charge on any atom is -0.392 e. The van der Waals surface area contributed by atoms with Gasteiger partial charge in [-0.25, -0.2) is 0 Å². The van der Waals surface area contributed by atoms with Gasteiger partial charge in [0.25, 0.3) is 0 Å². The number of carbonyl (C=O) groups excluding carboxylic acids is 1. The van der Waals surface area contributed by atoms with Crippen molar-refractivity contribution in [3.05, 3.63) is 34.9 Å².